The van der Waals surface area contributed by atoms with Crippen molar-refractivity contribution in [2.75, 3.05) is 87.4 Å². The Balaban J connectivity index is 1.10. The van der Waals surface area contributed by atoms with Crippen molar-refractivity contribution in [3.63, 3.8) is 0 Å². The first-order valence-corrected chi connectivity index (χ1v) is 17.7. The van der Waals surface area contributed by atoms with Crippen LogP contribution >= 0.6 is 0 Å². The summed E-state index contributed by atoms with van der Waals surface area (Å²) in [6.45, 7) is 7.86. The van der Waals surface area contributed by atoms with E-state index in [1.54, 1.807) is 0 Å². The largest absolute Gasteiger partial charge is 0.381 e. The lowest BCUT2D eigenvalue weighted by atomic mass is 9.75. The number of likely N-dealkylation sites (N-methyl/N-ethyl adjacent to an activating group) is 1. The van der Waals surface area contributed by atoms with Crippen LogP contribution in [0.25, 0.3) is 11.1 Å². The van der Waals surface area contributed by atoms with E-state index in [4.69, 9.17) is 4.74 Å². The molecule has 0 bridgehead atoms. The molecule has 8 nitrogen and oxygen atoms in total. The molecule has 3 saturated heterocycles. The van der Waals surface area contributed by atoms with Gasteiger partial charge in [-0.3, -0.25) is 4.79 Å². The summed E-state index contributed by atoms with van der Waals surface area (Å²) in [5.41, 5.74) is 8.17. The molecule has 0 atom stereocenters. The van der Waals surface area contributed by atoms with E-state index in [1.807, 2.05) is 17.0 Å². The average Bonchev–Trinajstić information content (AvgIpc) is 3.33. The summed E-state index contributed by atoms with van der Waals surface area (Å²) in [6, 6.07) is 23.7. The zero-order valence-corrected chi connectivity index (χ0v) is 26.4. The van der Waals surface area contributed by atoms with Crippen LogP contribution < -0.4 is 9.80 Å². The van der Waals surface area contributed by atoms with E-state index in [-0.39, 0.29) is 22.8 Å². The molecule has 0 aromatic heterocycles. The third-order valence-electron chi connectivity index (χ3n) is 10.1. The first-order valence-electron chi connectivity index (χ1n) is 15.9. The number of carbonyl (C=O) groups excluding carboxylic acids is 1. The Kier molecular flexibility index (Phi) is 7.89. The molecule has 44 heavy (non-hydrogen) atoms. The molecule has 232 valence electrons. The van der Waals surface area contributed by atoms with Crippen molar-refractivity contribution in [1.82, 2.24) is 9.80 Å². The van der Waals surface area contributed by atoms with Gasteiger partial charge in [0, 0.05) is 87.9 Å². The maximum absolute atomic E-state index is 13.1. The minimum Gasteiger partial charge on any atom is -0.381 e. The number of ether oxygens (including phenoxy) is 1. The van der Waals surface area contributed by atoms with Gasteiger partial charge in [0.2, 0.25) is 0 Å². The van der Waals surface area contributed by atoms with Crippen LogP contribution in [0.4, 0.5) is 11.4 Å². The molecule has 4 aliphatic rings. The van der Waals surface area contributed by atoms with Crippen molar-refractivity contribution in [3.05, 3.63) is 83.4 Å². The molecule has 4 heterocycles. The van der Waals surface area contributed by atoms with Crippen LogP contribution in [0.3, 0.4) is 0 Å². The van der Waals surface area contributed by atoms with E-state index >= 15 is 0 Å². The van der Waals surface area contributed by atoms with Crippen molar-refractivity contribution in [1.29, 1.82) is 0 Å². The number of hydrogen-bond donors (Lipinski definition) is 0. The van der Waals surface area contributed by atoms with Crippen LogP contribution in [0.15, 0.2) is 66.7 Å². The van der Waals surface area contributed by atoms with Gasteiger partial charge in [-0.05, 0) is 78.5 Å². The summed E-state index contributed by atoms with van der Waals surface area (Å²) in [4.78, 5) is 22.0. The van der Waals surface area contributed by atoms with Crippen LogP contribution in [0.1, 0.15) is 34.3 Å². The van der Waals surface area contributed by atoms with Crippen LogP contribution in [-0.2, 0) is 26.5 Å². The predicted octanol–water partition coefficient (Wildman–Crippen LogP) is 4.04. The fourth-order valence-electron chi connectivity index (χ4n) is 7.28. The van der Waals surface area contributed by atoms with Crippen LogP contribution in [-0.4, -0.2) is 102 Å². The number of fused-ring (bicyclic) bond motifs is 2. The molecule has 7 rings (SSSR count). The van der Waals surface area contributed by atoms with Gasteiger partial charge in [0.1, 0.15) is 0 Å². The van der Waals surface area contributed by atoms with E-state index in [2.05, 4.69) is 76.3 Å². The maximum Gasteiger partial charge on any atom is 0.253 e. The van der Waals surface area contributed by atoms with Crippen molar-refractivity contribution in [2.24, 2.45) is 0 Å². The average molecular weight is 615 g/mol. The van der Waals surface area contributed by atoms with E-state index < -0.39 is 9.84 Å². The van der Waals surface area contributed by atoms with Crippen LogP contribution in [0, 0.1) is 0 Å². The molecule has 4 aliphatic heterocycles. The zero-order valence-electron chi connectivity index (χ0n) is 25.6. The van der Waals surface area contributed by atoms with Crippen molar-refractivity contribution < 1.29 is 17.9 Å². The number of sulfone groups is 1. The first kappa shape index (κ1) is 29.3. The van der Waals surface area contributed by atoms with Gasteiger partial charge in [-0.1, -0.05) is 30.3 Å². The maximum atomic E-state index is 13.1. The number of piperazine rings is 1. The molecule has 0 unspecified atom stereocenters. The van der Waals surface area contributed by atoms with Gasteiger partial charge in [-0.15, -0.1) is 0 Å². The smallest absolute Gasteiger partial charge is 0.253 e. The number of benzene rings is 3. The lowest BCUT2D eigenvalue weighted by molar-refractivity contribution is 0.0553. The molecule has 1 spiro atoms. The van der Waals surface area contributed by atoms with Gasteiger partial charge in [-0.25, -0.2) is 8.42 Å². The second-order valence-corrected chi connectivity index (χ2v) is 15.3. The molecule has 3 aromatic rings. The third kappa shape index (κ3) is 5.85. The highest BCUT2D eigenvalue weighted by Gasteiger charge is 2.43. The number of carbonyl (C=O) groups is 1. The Bertz CT molecular complexity index is 1600. The quantitative estimate of drug-likeness (QED) is 0.430. The number of hydrogen-bond acceptors (Lipinski definition) is 7. The standard InChI is InChI=1S/C35H42N4O4S/c1-36-14-16-38(17-15-36)34(40)29-6-4-28(5-7-29)30-8-11-33-32(24-30)35(12-20-43-21-13-35)26-39(33)25-27-2-9-31(10-3-27)37-18-22-44(41,42)23-19-37/h2-11,24H,12-23,25-26H2,1H3. The topological polar surface area (TPSA) is 73.4 Å². The summed E-state index contributed by atoms with van der Waals surface area (Å²) in [6.07, 6.45) is 2.02. The molecule has 9 heteroatoms. The molecule has 0 saturated carbocycles. The predicted molar refractivity (Wildman–Crippen MR) is 175 cm³/mol. The lowest BCUT2D eigenvalue weighted by Crippen LogP contribution is -2.47. The summed E-state index contributed by atoms with van der Waals surface area (Å²) < 4.78 is 29.5. The molecule has 0 radical (unpaired) electrons. The Morgan fingerprint density at radius 3 is 2.16 bits per heavy atom. The number of anilines is 2. The number of nitrogens with zero attached hydrogens (tertiary/aromatic N) is 4. The van der Waals surface area contributed by atoms with Gasteiger partial charge in [0.05, 0.1) is 11.5 Å². The normalized spacial score (nSPS) is 21.4. The summed E-state index contributed by atoms with van der Waals surface area (Å²) >= 11 is 0. The van der Waals surface area contributed by atoms with Gasteiger partial charge in [0.25, 0.3) is 5.91 Å². The van der Waals surface area contributed by atoms with E-state index in [0.717, 1.165) is 82.1 Å². The Morgan fingerprint density at radius 1 is 0.818 bits per heavy atom. The number of amides is 1. The fourth-order valence-corrected chi connectivity index (χ4v) is 8.48. The van der Waals surface area contributed by atoms with E-state index in [9.17, 15) is 13.2 Å². The molecular weight excluding hydrogens is 572 g/mol. The first-order chi connectivity index (χ1) is 21.3. The summed E-state index contributed by atoms with van der Waals surface area (Å²) in [7, 11) is -0.795. The Morgan fingerprint density at radius 2 is 1.48 bits per heavy atom. The second-order valence-electron chi connectivity index (χ2n) is 13.0. The van der Waals surface area contributed by atoms with Gasteiger partial charge < -0.3 is 24.3 Å². The van der Waals surface area contributed by atoms with E-state index in [0.29, 0.717) is 13.1 Å². The lowest BCUT2D eigenvalue weighted by Gasteiger charge is -2.34. The molecule has 3 fully saturated rings. The monoisotopic (exact) mass is 614 g/mol. The molecule has 1 amide bonds. The Hall–Kier alpha value is -3.40. The van der Waals surface area contributed by atoms with E-state index in [1.165, 1.54) is 22.4 Å². The molecule has 3 aromatic carbocycles. The highest BCUT2D eigenvalue weighted by Crippen LogP contribution is 2.48. The minimum atomic E-state index is -2.90. The second kappa shape index (κ2) is 11.8. The number of rotatable bonds is 5. The van der Waals surface area contributed by atoms with Crippen LogP contribution in [0.5, 0.6) is 0 Å². The highest BCUT2D eigenvalue weighted by molar-refractivity contribution is 7.91. The van der Waals surface area contributed by atoms with Crippen molar-refractivity contribution >= 4 is 27.1 Å². The summed E-state index contributed by atoms with van der Waals surface area (Å²) in [5.74, 6) is 0.574. The zero-order chi connectivity index (χ0) is 30.3. The van der Waals surface area contributed by atoms with Gasteiger partial charge >= 0.3 is 0 Å². The fraction of sp³-hybridized carbons (Fsp3) is 0.457. The third-order valence-corrected chi connectivity index (χ3v) is 11.7. The highest BCUT2D eigenvalue weighted by atomic mass is 32.2. The van der Waals surface area contributed by atoms with Gasteiger partial charge in [-0.2, -0.15) is 0 Å². The van der Waals surface area contributed by atoms with Crippen molar-refractivity contribution in [3.8, 4) is 11.1 Å². The SMILES string of the molecule is CN1CCN(C(=O)c2ccc(-c3ccc4c(c3)C3(CCOCC3)CN4Cc3ccc(N4CCS(=O)(=O)CC4)cc3)cc2)CC1. The molecular formula is C35H42N4O4S. The van der Waals surface area contributed by atoms with Crippen LogP contribution in [0.2, 0.25) is 0 Å². The molecule has 0 N–H and O–H groups in total. The minimum absolute atomic E-state index is 0.0696. The van der Waals surface area contributed by atoms with Crippen molar-refractivity contribution in [2.45, 2.75) is 24.8 Å². The molecule has 0 aliphatic carbocycles. The van der Waals surface area contributed by atoms with Gasteiger partial charge in [0.15, 0.2) is 9.84 Å². The summed E-state index contributed by atoms with van der Waals surface area (Å²) in [5, 5.41) is 0. The Labute approximate surface area is 261 Å².